The zero-order valence-corrected chi connectivity index (χ0v) is 9.41. The van der Waals surface area contributed by atoms with Crippen LogP contribution in [-0.4, -0.2) is 11.1 Å². The molecule has 84 valence electrons. The molecule has 0 rings (SSSR count). The summed E-state index contributed by atoms with van der Waals surface area (Å²) in [6.45, 7) is 5.76. The van der Waals surface area contributed by atoms with Crippen molar-refractivity contribution >= 4 is 5.97 Å². The van der Waals surface area contributed by atoms with E-state index in [1.807, 2.05) is 12.2 Å². The van der Waals surface area contributed by atoms with Crippen LogP contribution in [0.4, 0.5) is 0 Å². The maximum absolute atomic E-state index is 10.5. The molecule has 0 amide bonds. The normalized spacial score (nSPS) is 11.3. The molecular formula is C13H20O2. The van der Waals surface area contributed by atoms with Gasteiger partial charge in [-0.3, -0.25) is 4.79 Å². The first-order valence-corrected chi connectivity index (χ1v) is 5.44. The Morgan fingerprint density at radius 3 is 2.87 bits per heavy atom. The standard InChI is InChI=1S/C13H20O2/c1-3-5-6-7-8-10-12(9-4-2)11-13(14)15/h4,7,10,12H,2-3,5-6,9,11H2,1H3,(H,14,15)/t8?,12-/m1/s1. The molecule has 0 unspecified atom stereocenters. The van der Waals surface area contributed by atoms with Crippen molar-refractivity contribution in [1.82, 2.24) is 0 Å². The summed E-state index contributed by atoms with van der Waals surface area (Å²) in [5.41, 5.74) is 3.05. The minimum Gasteiger partial charge on any atom is -0.481 e. The number of carbonyl (C=O) groups is 1. The van der Waals surface area contributed by atoms with Crippen LogP contribution in [0.25, 0.3) is 0 Å². The molecule has 0 aliphatic rings. The van der Waals surface area contributed by atoms with Gasteiger partial charge in [-0.1, -0.05) is 19.4 Å². The van der Waals surface area contributed by atoms with Crippen LogP contribution in [0.15, 0.2) is 30.5 Å². The third kappa shape index (κ3) is 9.04. The summed E-state index contributed by atoms with van der Waals surface area (Å²) in [5.74, 6) is -0.744. The van der Waals surface area contributed by atoms with E-state index < -0.39 is 5.97 Å². The molecule has 0 fully saturated rings. The van der Waals surface area contributed by atoms with Gasteiger partial charge in [0.25, 0.3) is 0 Å². The average Bonchev–Trinajstić information content (AvgIpc) is 2.17. The van der Waals surface area contributed by atoms with Gasteiger partial charge in [0.2, 0.25) is 0 Å². The Morgan fingerprint density at radius 1 is 1.60 bits per heavy atom. The van der Waals surface area contributed by atoms with Crippen LogP contribution >= 0.6 is 0 Å². The largest absolute Gasteiger partial charge is 0.481 e. The Hall–Kier alpha value is -1.27. The summed E-state index contributed by atoms with van der Waals surface area (Å²) in [6.07, 6.45) is 9.75. The van der Waals surface area contributed by atoms with Gasteiger partial charge in [-0.2, -0.15) is 0 Å². The van der Waals surface area contributed by atoms with Gasteiger partial charge in [0.05, 0.1) is 6.42 Å². The van der Waals surface area contributed by atoms with E-state index in [1.165, 1.54) is 6.42 Å². The molecule has 0 aromatic rings. The van der Waals surface area contributed by atoms with E-state index in [9.17, 15) is 4.79 Å². The summed E-state index contributed by atoms with van der Waals surface area (Å²) in [7, 11) is 0. The average molecular weight is 208 g/mol. The van der Waals surface area contributed by atoms with Gasteiger partial charge in [-0.05, 0) is 37.3 Å². The van der Waals surface area contributed by atoms with Crippen molar-refractivity contribution in [2.45, 2.75) is 39.0 Å². The van der Waals surface area contributed by atoms with Crippen molar-refractivity contribution in [1.29, 1.82) is 0 Å². The maximum atomic E-state index is 10.5. The monoisotopic (exact) mass is 208 g/mol. The van der Waals surface area contributed by atoms with Crippen molar-refractivity contribution in [3.8, 4) is 0 Å². The van der Waals surface area contributed by atoms with Gasteiger partial charge in [0.1, 0.15) is 0 Å². The second-order valence-corrected chi connectivity index (χ2v) is 3.56. The van der Waals surface area contributed by atoms with Gasteiger partial charge in [-0.15, -0.1) is 12.3 Å². The van der Waals surface area contributed by atoms with Crippen LogP contribution in [0.1, 0.15) is 39.0 Å². The maximum Gasteiger partial charge on any atom is 0.303 e. The Balaban J connectivity index is 4.07. The molecule has 0 bridgehead atoms. The fourth-order valence-corrected chi connectivity index (χ4v) is 1.24. The summed E-state index contributed by atoms with van der Waals surface area (Å²) in [6, 6.07) is 0. The number of hydrogen-bond acceptors (Lipinski definition) is 1. The van der Waals surface area contributed by atoms with Crippen molar-refractivity contribution in [2.24, 2.45) is 5.92 Å². The molecule has 15 heavy (non-hydrogen) atoms. The molecule has 0 aliphatic carbocycles. The minimum atomic E-state index is -0.770. The Labute approximate surface area is 92.0 Å². The molecular weight excluding hydrogens is 188 g/mol. The molecule has 1 atom stereocenters. The molecule has 1 N–H and O–H groups in total. The van der Waals surface area contributed by atoms with Crippen LogP contribution in [0.5, 0.6) is 0 Å². The highest BCUT2D eigenvalue weighted by atomic mass is 16.4. The lowest BCUT2D eigenvalue weighted by Crippen LogP contribution is -2.03. The molecule has 0 saturated carbocycles. The highest BCUT2D eigenvalue weighted by Crippen LogP contribution is 2.10. The summed E-state index contributed by atoms with van der Waals surface area (Å²) >= 11 is 0. The van der Waals surface area contributed by atoms with Crippen LogP contribution in [0.2, 0.25) is 0 Å². The van der Waals surface area contributed by atoms with Gasteiger partial charge < -0.3 is 5.11 Å². The molecule has 0 aromatic heterocycles. The molecule has 2 heteroatoms. The first-order chi connectivity index (χ1) is 7.20. The fraction of sp³-hybridized carbons (Fsp3) is 0.538. The van der Waals surface area contributed by atoms with Gasteiger partial charge in [0.15, 0.2) is 0 Å². The van der Waals surface area contributed by atoms with E-state index in [0.29, 0.717) is 6.42 Å². The van der Waals surface area contributed by atoms with Crippen molar-refractivity contribution in [3.63, 3.8) is 0 Å². The summed E-state index contributed by atoms with van der Waals surface area (Å²) < 4.78 is 0. The van der Waals surface area contributed by atoms with Gasteiger partial charge >= 0.3 is 5.97 Å². The second-order valence-electron chi connectivity index (χ2n) is 3.56. The Bertz CT molecular complexity index is 247. The predicted octanol–water partition coefficient (Wildman–Crippen LogP) is 3.55. The first kappa shape index (κ1) is 13.7. The minimum absolute atomic E-state index is 0.0258. The summed E-state index contributed by atoms with van der Waals surface area (Å²) in [5, 5.41) is 8.66. The first-order valence-electron chi connectivity index (χ1n) is 5.44. The van der Waals surface area contributed by atoms with Crippen LogP contribution in [0.3, 0.4) is 0 Å². The third-order valence-corrected chi connectivity index (χ3v) is 2.06. The molecule has 0 aromatic carbocycles. The quantitative estimate of drug-likeness (QED) is 0.376. The van der Waals surface area contributed by atoms with E-state index in [0.717, 1.165) is 12.8 Å². The smallest absolute Gasteiger partial charge is 0.303 e. The lowest BCUT2D eigenvalue weighted by molar-refractivity contribution is -0.137. The Morgan fingerprint density at radius 2 is 2.33 bits per heavy atom. The molecule has 0 aliphatic heterocycles. The lowest BCUT2D eigenvalue weighted by atomic mass is 10.0. The number of hydrogen-bond donors (Lipinski definition) is 1. The fourth-order valence-electron chi connectivity index (χ4n) is 1.24. The number of allylic oxidation sites excluding steroid dienone is 2. The zero-order valence-electron chi connectivity index (χ0n) is 9.41. The number of unbranched alkanes of at least 4 members (excludes halogenated alkanes) is 2. The van der Waals surface area contributed by atoms with Crippen molar-refractivity contribution < 1.29 is 9.90 Å². The number of carboxylic acid groups (broad SMARTS) is 1. The van der Waals surface area contributed by atoms with E-state index in [4.69, 9.17) is 5.11 Å². The van der Waals surface area contributed by atoms with Crippen LogP contribution < -0.4 is 0 Å². The lowest BCUT2D eigenvalue weighted by Gasteiger charge is -2.03. The van der Waals surface area contributed by atoms with Gasteiger partial charge in [-0.25, -0.2) is 0 Å². The molecule has 0 heterocycles. The molecule has 0 radical (unpaired) electrons. The van der Waals surface area contributed by atoms with Crippen LogP contribution in [-0.2, 0) is 4.79 Å². The second kappa shape index (κ2) is 9.29. The number of aliphatic carboxylic acids is 1. The Kier molecular flexibility index (Phi) is 8.50. The van der Waals surface area contributed by atoms with E-state index >= 15 is 0 Å². The number of carboxylic acids is 1. The summed E-state index contributed by atoms with van der Waals surface area (Å²) in [4.78, 5) is 10.5. The van der Waals surface area contributed by atoms with Crippen molar-refractivity contribution in [2.75, 3.05) is 0 Å². The van der Waals surface area contributed by atoms with E-state index in [-0.39, 0.29) is 12.3 Å². The molecule has 2 nitrogen and oxygen atoms in total. The zero-order chi connectivity index (χ0) is 11.5. The predicted molar refractivity (Wildman–Crippen MR) is 62.7 cm³/mol. The molecule has 0 spiro atoms. The highest BCUT2D eigenvalue weighted by Gasteiger charge is 2.07. The van der Waals surface area contributed by atoms with E-state index in [1.54, 1.807) is 6.08 Å². The topological polar surface area (TPSA) is 37.3 Å². The molecule has 0 saturated heterocycles. The third-order valence-electron chi connectivity index (χ3n) is 2.06. The van der Waals surface area contributed by atoms with E-state index in [2.05, 4.69) is 19.2 Å². The highest BCUT2D eigenvalue weighted by molar-refractivity contribution is 5.67. The van der Waals surface area contributed by atoms with Gasteiger partial charge in [0, 0.05) is 0 Å². The SMILES string of the molecule is C=CC[C@H](C=C=CCCCC)CC(=O)O. The number of rotatable bonds is 8. The van der Waals surface area contributed by atoms with Crippen LogP contribution in [0, 0.1) is 5.92 Å². The van der Waals surface area contributed by atoms with Crippen molar-refractivity contribution in [3.05, 3.63) is 30.5 Å².